The lowest BCUT2D eigenvalue weighted by molar-refractivity contribution is -0.176. The summed E-state index contributed by atoms with van der Waals surface area (Å²) in [7, 11) is 0. The van der Waals surface area contributed by atoms with Gasteiger partial charge in [0, 0.05) is 18.7 Å². The van der Waals surface area contributed by atoms with Gasteiger partial charge in [-0.05, 0) is 4.53 Å². The van der Waals surface area contributed by atoms with Gasteiger partial charge in [-0.3, -0.25) is 14.3 Å². The van der Waals surface area contributed by atoms with E-state index < -0.39 is 36.3 Å². The SMILES string of the molecule is O=c1ccn([C@H]2C[C@H](O)[C@@H](COF)O2)c(=O)[nH]1. The lowest BCUT2D eigenvalue weighted by Crippen LogP contribution is -2.31. The molecule has 2 N–H and O–H groups in total. The van der Waals surface area contributed by atoms with Crippen LogP contribution in [-0.2, 0) is 9.68 Å². The molecule has 17 heavy (non-hydrogen) atoms. The molecule has 0 saturated carbocycles. The van der Waals surface area contributed by atoms with Crippen molar-refractivity contribution in [2.24, 2.45) is 0 Å². The minimum Gasteiger partial charge on any atom is -0.390 e. The average molecular weight is 246 g/mol. The van der Waals surface area contributed by atoms with Crippen LogP contribution in [0.2, 0.25) is 0 Å². The van der Waals surface area contributed by atoms with Crippen molar-refractivity contribution in [1.82, 2.24) is 9.55 Å². The van der Waals surface area contributed by atoms with E-state index in [-0.39, 0.29) is 6.42 Å². The zero-order valence-corrected chi connectivity index (χ0v) is 8.71. The van der Waals surface area contributed by atoms with Gasteiger partial charge >= 0.3 is 5.69 Å². The standard InChI is InChI=1S/C9H11FN2O5/c10-16-4-6-5(13)3-8(17-6)12-2-1-7(14)11-9(12)15/h1-2,5-6,8,13H,3-4H2,(H,11,14,15)/t5-,6+,8+/m0/s1. The molecule has 0 bridgehead atoms. The molecular weight excluding hydrogens is 235 g/mol. The molecule has 0 unspecified atom stereocenters. The number of H-pyrrole nitrogens is 1. The quantitative estimate of drug-likeness (QED) is 0.719. The second-order valence-electron chi connectivity index (χ2n) is 3.73. The van der Waals surface area contributed by atoms with Crippen molar-refractivity contribution in [3.8, 4) is 0 Å². The Bertz CT molecular complexity index is 499. The van der Waals surface area contributed by atoms with Crippen molar-refractivity contribution < 1.29 is 19.3 Å². The van der Waals surface area contributed by atoms with Crippen molar-refractivity contribution in [3.05, 3.63) is 33.1 Å². The number of hydrogen-bond acceptors (Lipinski definition) is 5. The van der Waals surface area contributed by atoms with Gasteiger partial charge in [0.1, 0.15) is 18.9 Å². The predicted octanol–water partition coefficient (Wildman–Crippen LogP) is -0.914. The first-order chi connectivity index (χ1) is 8.11. The van der Waals surface area contributed by atoms with Gasteiger partial charge in [0.2, 0.25) is 0 Å². The van der Waals surface area contributed by atoms with Crippen molar-refractivity contribution >= 4 is 0 Å². The van der Waals surface area contributed by atoms with Crippen molar-refractivity contribution in [2.45, 2.75) is 24.9 Å². The van der Waals surface area contributed by atoms with E-state index in [2.05, 4.69) is 9.93 Å². The molecule has 1 saturated heterocycles. The highest BCUT2D eigenvalue weighted by atomic mass is 19.3. The topological polar surface area (TPSA) is 93.6 Å². The fourth-order valence-electron chi connectivity index (χ4n) is 1.75. The van der Waals surface area contributed by atoms with E-state index >= 15 is 0 Å². The molecule has 0 radical (unpaired) electrons. The van der Waals surface area contributed by atoms with Crippen molar-refractivity contribution in [3.63, 3.8) is 0 Å². The van der Waals surface area contributed by atoms with Crippen molar-refractivity contribution in [2.75, 3.05) is 6.61 Å². The van der Waals surface area contributed by atoms with Crippen LogP contribution in [0, 0.1) is 0 Å². The zero-order chi connectivity index (χ0) is 12.4. The molecule has 0 aromatic carbocycles. The zero-order valence-electron chi connectivity index (χ0n) is 8.71. The Morgan fingerprint density at radius 1 is 1.65 bits per heavy atom. The van der Waals surface area contributed by atoms with E-state index in [4.69, 9.17) is 4.74 Å². The summed E-state index contributed by atoms with van der Waals surface area (Å²) in [5, 5.41) is 9.54. The lowest BCUT2D eigenvalue weighted by atomic mass is 10.2. The molecule has 1 aliphatic heterocycles. The molecule has 7 nitrogen and oxygen atoms in total. The monoisotopic (exact) mass is 246 g/mol. The number of nitrogens with zero attached hydrogens (tertiary/aromatic N) is 1. The summed E-state index contributed by atoms with van der Waals surface area (Å²) in [6, 6.07) is 1.16. The fourth-order valence-corrected chi connectivity index (χ4v) is 1.75. The lowest BCUT2D eigenvalue weighted by Gasteiger charge is -2.13. The molecule has 1 fully saturated rings. The summed E-state index contributed by atoms with van der Waals surface area (Å²) in [5.41, 5.74) is -1.16. The minimum atomic E-state index is -0.922. The van der Waals surface area contributed by atoms with Crippen LogP contribution in [0.4, 0.5) is 4.53 Å². The Morgan fingerprint density at radius 2 is 2.41 bits per heavy atom. The highest BCUT2D eigenvalue weighted by Gasteiger charge is 2.35. The largest absolute Gasteiger partial charge is 0.390 e. The van der Waals surface area contributed by atoms with Crippen LogP contribution >= 0.6 is 0 Å². The Balaban J connectivity index is 2.19. The van der Waals surface area contributed by atoms with Crippen LogP contribution in [0.15, 0.2) is 21.9 Å². The second kappa shape index (κ2) is 4.78. The number of rotatable bonds is 3. The Morgan fingerprint density at radius 3 is 3.06 bits per heavy atom. The number of ether oxygens (including phenoxy) is 1. The first-order valence-electron chi connectivity index (χ1n) is 5.00. The molecule has 8 heteroatoms. The molecule has 2 rings (SSSR count). The number of aliphatic hydroxyl groups excluding tert-OH is 1. The number of aliphatic hydroxyl groups is 1. The highest BCUT2D eigenvalue weighted by molar-refractivity contribution is 4.88. The van der Waals surface area contributed by atoms with E-state index in [0.29, 0.717) is 0 Å². The van der Waals surface area contributed by atoms with E-state index in [9.17, 15) is 19.2 Å². The van der Waals surface area contributed by atoms with Gasteiger partial charge in [-0.25, -0.2) is 4.79 Å². The van der Waals surface area contributed by atoms with Gasteiger partial charge in [0.05, 0.1) is 6.10 Å². The van der Waals surface area contributed by atoms with Gasteiger partial charge in [-0.1, -0.05) is 0 Å². The summed E-state index contributed by atoms with van der Waals surface area (Å²) in [6.45, 7) is -0.407. The molecule has 94 valence electrons. The number of aromatic nitrogens is 2. The van der Waals surface area contributed by atoms with Gasteiger partial charge in [-0.2, -0.15) is 4.94 Å². The third kappa shape index (κ3) is 2.43. The third-order valence-electron chi connectivity index (χ3n) is 2.59. The van der Waals surface area contributed by atoms with Crippen LogP contribution in [-0.4, -0.2) is 33.5 Å². The van der Waals surface area contributed by atoms with Crippen LogP contribution in [0.5, 0.6) is 0 Å². The predicted molar refractivity (Wildman–Crippen MR) is 52.9 cm³/mol. The Kier molecular flexibility index (Phi) is 3.36. The van der Waals surface area contributed by atoms with E-state index in [1.165, 1.54) is 6.20 Å². The van der Waals surface area contributed by atoms with E-state index in [1.54, 1.807) is 0 Å². The molecular formula is C9H11FN2O5. The molecule has 1 aromatic heterocycles. The molecule has 1 aromatic rings. The summed E-state index contributed by atoms with van der Waals surface area (Å²) < 4.78 is 18.0. The first kappa shape index (κ1) is 12.0. The normalized spacial score (nSPS) is 28.5. The van der Waals surface area contributed by atoms with Crippen LogP contribution in [0.25, 0.3) is 0 Å². The summed E-state index contributed by atoms with van der Waals surface area (Å²) in [5.74, 6) is 0. The van der Waals surface area contributed by atoms with Gasteiger partial charge in [0.15, 0.2) is 0 Å². The fraction of sp³-hybridized carbons (Fsp3) is 0.556. The Labute approximate surface area is 94.3 Å². The first-order valence-corrected chi connectivity index (χ1v) is 5.00. The van der Waals surface area contributed by atoms with E-state index in [1.807, 2.05) is 0 Å². The maximum absolute atomic E-state index is 11.7. The molecule has 0 aliphatic carbocycles. The maximum Gasteiger partial charge on any atom is 0.330 e. The summed E-state index contributed by atoms with van der Waals surface area (Å²) >= 11 is 0. The Hall–Kier alpha value is -1.51. The molecule has 0 amide bonds. The minimum absolute atomic E-state index is 0.125. The molecule has 2 heterocycles. The number of hydrogen-bond donors (Lipinski definition) is 2. The summed E-state index contributed by atoms with van der Waals surface area (Å²) in [6.07, 6.45) is -1.11. The number of nitrogens with one attached hydrogen (secondary N) is 1. The van der Waals surface area contributed by atoms with Gasteiger partial charge in [-0.15, -0.1) is 0 Å². The van der Waals surface area contributed by atoms with E-state index in [0.717, 1.165) is 10.6 Å². The smallest absolute Gasteiger partial charge is 0.330 e. The number of aromatic amines is 1. The van der Waals surface area contributed by atoms with Gasteiger partial charge in [0.25, 0.3) is 5.56 Å². The average Bonchev–Trinajstić information content (AvgIpc) is 2.60. The second-order valence-corrected chi connectivity index (χ2v) is 3.73. The third-order valence-corrected chi connectivity index (χ3v) is 2.59. The van der Waals surface area contributed by atoms with Crippen LogP contribution in [0.3, 0.4) is 0 Å². The van der Waals surface area contributed by atoms with Gasteiger partial charge < -0.3 is 9.84 Å². The number of halogens is 1. The maximum atomic E-state index is 11.7. The highest BCUT2D eigenvalue weighted by Crippen LogP contribution is 2.27. The molecule has 1 aliphatic rings. The molecule has 3 atom stereocenters. The summed E-state index contributed by atoms with van der Waals surface area (Å²) in [4.78, 5) is 27.8. The van der Waals surface area contributed by atoms with Crippen molar-refractivity contribution in [1.29, 1.82) is 0 Å². The van der Waals surface area contributed by atoms with Crippen LogP contribution in [0.1, 0.15) is 12.6 Å². The van der Waals surface area contributed by atoms with Crippen LogP contribution < -0.4 is 11.2 Å². The molecule has 0 spiro atoms.